The van der Waals surface area contributed by atoms with E-state index in [9.17, 15) is 14.7 Å². The van der Waals surface area contributed by atoms with Gasteiger partial charge >= 0.3 is 5.97 Å². The number of nitrogens with one attached hydrogen (secondary N) is 2. The third kappa shape index (κ3) is 17.3. The number of carbonyl (C=O) groups is 2. The minimum atomic E-state index is -1.02. The first-order chi connectivity index (χ1) is 16.1. The van der Waals surface area contributed by atoms with Gasteiger partial charge in [0.25, 0.3) is 0 Å². The van der Waals surface area contributed by atoms with E-state index in [1.807, 2.05) is 0 Å². The monoisotopic (exact) mass is 463 g/mol. The maximum absolute atomic E-state index is 12.1. The second-order valence-corrected chi connectivity index (χ2v) is 9.50. The van der Waals surface area contributed by atoms with Crippen LogP contribution in [0.4, 0.5) is 0 Å². The maximum atomic E-state index is 12.1. The number of amides is 1. The number of carbonyl (C=O) groups excluding carboxylic acids is 1. The molecule has 0 aliphatic rings. The van der Waals surface area contributed by atoms with Gasteiger partial charge in [-0.1, -0.05) is 116 Å². The Morgan fingerprint density at radius 1 is 0.818 bits per heavy atom. The third-order valence-corrected chi connectivity index (χ3v) is 6.37. The molecular formula is C27H49N3O3. The van der Waals surface area contributed by atoms with Gasteiger partial charge < -0.3 is 15.4 Å². The lowest BCUT2D eigenvalue weighted by Gasteiger charge is -2.13. The van der Waals surface area contributed by atoms with Gasteiger partial charge in [-0.25, -0.2) is 9.78 Å². The summed E-state index contributed by atoms with van der Waals surface area (Å²) >= 11 is 0. The van der Waals surface area contributed by atoms with Crippen molar-refractivity contribution in [1.29, 1.82) is 0 Å². The summed E-state index contributed by atoms with van der Waals surface area (Å²) in [5, 5.41) is 11.9. The summed E-state index contributed by atoms with van der Waals surface area (Å²) in [6.45, 7) is 2.27. The van der Waals surface area contributed by atoms with E-state index >= 15 is 0 Å². The molecule has 1 aromatic rings. The van der Waals surface area contributed by atoms with Crippen LogP contribution < -0.4 is 5.32 Å². The quantitative estimate of drug-likeness (QED) is 0.153. The smallest absolute Gasteiger partial charge is 0.326 e. The molecule has 6 heteroatoms. The first kappa shape index (κ1) is 29.2. The number of nitrogens with zero attached hydrogens (tertiary/aromatic N) is 1. The molecule has 0 unspecified atom stereocenters. The van der Waals surface area contributed by atoms with Gasteiger partial charge in [0.1, 0.15) is 6.04 Å². The van der Waals surface area contributed by atoms with Crippen molar-refractivity contribution in [3.05, 3.63) is 18.2 Å². The van der Waals surface area contributed by atoms with Crippen LogP contribution in [0, 0.1) is 0 Å². The van der Waals surface area contributed by atoms with Gasteiger partial charge in [-0.3, -0.25) is 4.79 Å². The van der Waals surface area contributed by atoms with Crippen LogP contribution in [0.25, 0.3) is 0 Å². The fourth-order valence-electron chi connectivity index (χ4n) is 4.27. The number of carboxylic acid groups (broad SMARTS) is 1. The number of aromatic amines is 1. The summed E-state index contributed by atoms with van der Waals surface area (Å²) in [6, 6.07) is -0.909. The highest BCUT2D eigenvalue weighted by Crippen LogP contribution is 2.14. The van der Waals surface area contributed by atoms with Crippen molar-refractivity contribution >= 4 is 11.9 Å². The van der Waals surface area contributed by atoms with E-state index in [0.29, 0.717) is 12.1 Å². The largest absolute Gasteiger partial charge is 0.480 e. The van der Waals surface area contributed by atoms with E-state index in [2.05, 4.69) is 22.2 Å². The number of carboxylic acids is 1. The van der Waals surface area contributed by atoms with Crippen LogP contribution in [0.1, 0.15) is 135 Å². The molecule has 0 spiro atoms. The van der Waals surface area contributed by atoms with Gasteiger partial charge in [-0.05, 0) is 6.42 Å². The van der Waals surface area contributed by atoms with Crippen molar-refractivity contribution < 1.29 is 14.7 Å². The number of unbranched alkanes of at least 4 members (excludes halogenated alkanes) is 17. The number of imidazole rings is 1. The minimum Gasteiger partial charge on any atom is -0.480 e. The first-order valence-electron chi connectivity index (χ1n) is 13.6. The Labute approximate surface area is 201 Å². The number of aromatic nitrogens is 2. The molecule has 1 rings (SSSR count). The highest BCUT2D eigenvalue weighted by molar-refractivity contribution is 5.83. The van der Waals surface area contributed by atoms with Gasteiger partial charge in [-0.15, -0.1) is 0 Å². The molecule has 0 saturated heterocycles. The molecule has 3 N–H and O–H groups in total. The Kier molecular flexibility index (Phi) is 18.3. The van der Waals surface area contributed by atoms with Gasteiger partial charge in [0.15, 0.2) is 0 Å². The number of H-pyrrole nitrogens is 1. The maximum Gasteiger partial charge on any atom is 0.326 e. The molecule has 0 radical (unpaired) electrons. The van der Waals surface area contributed by atoms with Crippen molar-refractivity contribution in [1.82, 2.24) is 15.3 Å². The number of aliphatic carboxylic acids is 1. The predicted octanol–water partition coefficient (Wildman–Crippen LogP) is 6.95. The molecule has 0 aliphatic carbocycles. The fourth-order valence-corrected chi connectivity index (χ4v) is 4.27. The van der Waals surface area contributed by atoms with Crippen LogP contribution in [0.15, 0.2) is 12.5 Å². The second-order valence-electron chi connectivity index (χ2n) is 9.50. The van der Waals surface area contributed by atoms with E-state index in [0.717, 1.165) is 19.3 Å². The summed E-state index contributed by atoms with van der Waals surface area (Å²) < 4.78 is 0. The minimum absolute atomic E-state index is 0.182. The van der Waals surface area contributed by atoms with Gasteiger partial charge in [0.05, 0.1) is 6.33 Å². The molecule has 1 aromatic heterocycles. The summed E-state index contributed by atoms with van der Waals surface area (Å²) in [5.41, 5.74) is 0.705. The molecule has 0 aromatic carbocycles. The Bertz CT molecular complexity index is 589. The zero-order chi connectivity index (χ0) is 24.0. The van der Waals surface area contributed by atoms with Crippen molar-refractivity contribution in [2.75, 3.05) is 0 Å². The van der Waals surface area contributed by atoms with Gasteiger partial charge in [-0.2, -0.15) is 0 Å². The molecular weight excluding hydrogens is 414 g/mol. The lowest BCUT2D eigenvalue weighted by Crippen LogP contribution is -2.42. The highest BCUT2D eigenvalue weighted by atomic mass is 16.4. The number of rotatable bonds is 23. The molecule has 1 atom stereocenters. The average Bonchev–Trinajstić information content (AvgIpc) is 3.31. The lowest BCUT2D eigenvalue weighted by molar-refractivity contribution is -0.141. The van der Waals surface area contributed by atoms with E-state index in [1.54, 1.807) is 6.20 Å². The standard InChI is InChI=1S/C27H49N3O3/c1-2-3-4-5-6-7-8-9-10-11-12-13-14-15-16-17-18-19-20-26(31)30-25(27(32)33)21-24-22-28-23-29-24/h22-23,25H,2-21H2,1H3,(H,28,29)(H,30,31)(H,32,33)/t25-/m0/s1. The summed E-state index contributed by atoms with van der Waals surface area (Å²) in [5.74, 6) is -1.20. The molecule has 1 amide bonds. The summed E-state index contributed by atoms with van der Waals surface area (Å²) in [4.78, 5) is 30.2. The van der Waals surface area contributed by atoms with Crippen LogP contribution in [-0.4, -0.2) is 33.0 Å². The van der Waals surface area contributed by atoms with E-state index in [1.165, 1.54) is 103 Å². The average molecular weight is 464 g/mol. The van der Waals surface area contributed by atoms with Crippen LogP contribution >= 0.6 is 0 Å². The van der Waals surface area contributed by atoms with E-state index < -0.39 is 12.0 Å². The molecule has 190 valence electrons. The summed E-state index contributed by atoms with van der Waals surface area (Å²) in [7, 11) is 0. The van der Waals surface area contributed by atoms with Crippen LogP contribution in [0.5, 0.6) is 0 Å². The normalized spacial score (nSPS) is 12.0. The molecule has 0 saturated carbocycles. The molecule has 0 fully saturated rings. The first-order valence-corrected chi connectivity index (χ1v) is 13.6. The highest BCUT2D eigenvalue weighted by Gasteiger charge is 2.20. The Balaban J connectivity index is 1.85. The van der Waals surface area contributed by atoms with Gasteiger partial charge in [0.2, 0.25) is 5.91 Å². The fraction of sp³-hybridized carbons (Fsp3) is 0.815. The number of hydrogen-bond acceptors (Lipinski definition) is 3. The zero-order valence-corrected chi connectivity index (χ0v) is 21.1. The Morgan fingerprint density at radius 3 is 1.67 bits per heavy atom. The second kappa shape index (κ2) is 20.7. The predicted molar refractivity (Wildman–Crippen MR) is 135 cm³/mol. The third-order valence-electron chi connectivity index (χ3n) is 6.37. The van der Waals surface area contributed by atoms with Crippen LogP contribution in [-0.2, 0) is 16.0 Å². The van der Waals surface area contributed by atoms with Gasteiger partial charge in [0, 0.05) is 24.7 Å². The molecule has 33 heavy (non-hydrogen) atoms. The SMILES string of the molecule is CCCCCCCCCCCCCCCCCCCCC(=O)N[C@@H](Cc1cnc[nH]1)C(=O)O. The zero-order valence-electron chi connectivity index (χ0n) is 21.1. The molecule has 6 nitrogen and oxygen atoms in total. The van der Waals surface area contributed by atoms with E-state index in [-0.39, 0.29) is 12.3 Å². The lowest BCUT2D eigenvalue weighted by atomic mass is 10.0. The van der Waals surface area contributed by atoms with Crippen molar-refractivity contribution in [2.45, 2.75) is 141 Å². The molecule has 0 aliphatic heterocycles. The Morgan fingerprint density at radius 2 is 1.27 bits per heavy atom. The van der Waals surface area contributed by atoms with Crippen LogP contribution in [0.2, 0.25) is 0 Å². The number of hydrogen-bond donors (Lipinski definition) is 3. The van der Waals surface area contributed by atoms with Crippen molar-refractivity contribution in [3.8, 4) is 0 Å². The molecule has 1 heterocycles. The summed E-state index contributed by atoms with van der Waals surface area (Å²) in [6.07, 6.45) is 27.4. The van der Waals surface area contributed by atoms with Crippen LogP contribution in [0.3, 0.4) is 0 Å². The topological polar surface area (TPSA) is 95.1 Å². The molecule has 0 bridgehead atoms. The van der Waals surface area contributed by atoms with Crippen molar-refractivity contribution in [3.63, 3.8) is 0 Å². The van der Waals surface area contributed by atoms with E-state index in [4.69, 9.17) is 0 Å². The van der Waals surface area contributed by atoms with Crippen molar-refractivity contribution in [2.24, 2.45) is 0 Å². The Hall–Kier alpha value is -1.85.